The summed E-state index contributed by atoms with van der Waals surface area (Å²) in [6, 6.07) is 33.1. The molecule has 0 fully saturated rings. The molecule has 0 atom stereocenters. The molecular formula is C26H25N3. The quantitative estimate of drug-likeness (QED) is 0.363. The summed E-state index contributed by atoms with van der Waals surface area (Å²) in [5.74, 6) is 0. The molecule has 3 nitrogen and oxygen atoms in total. The monoisotopic (exact) mass is 379 g/mol. The van der Waals surface area contributed by atoms with Gasteiger partial charge >= 0.3 is 0 Å². The molecule has 0 aliphatic rings. The lowest BCUT2D eigenvalue weighted by Gasteiger charge is -2.29. The van der Waals surface area contributed by atoms with E-state index in [9.17, 15) is 0 Å². The first-order valence-electron chi connectivity index (χ1n) is 9.76. The summed E-state index contributed by atoms with van der Waals surface area (Å²) in [6.07, 6.45) is 0. The van der Waals surface area contributed by atoms with E-state index in [-0.39, 0.29) is 0 Å². The van der Waals surface area contributed by atoms with Gasteiger partial charge in [0, 0.05) is 22.7 Å². The van der Waals surface area contributed by atoms with Crippen LogP contribution in [-0.4, -0.2) is 0 Å². The van der Waals surface area contributed by atoms with Gasteiger partial charge < -0.3 is 16.0 Å². The SMILES string of the molecule is Cc1ccccc1Nc1ccccc1N(c1ccc(N)cc1)c1ccccc1C. The topological polar surface area (TPSA) is 41.3 Å². The first-order chi connectivity index (χ1) is 14.1. The van der Waals surface area contributed by atoms with Gasteiger partial charge in [0.1, 0.15) is 0 Å². The molecule has 29 heavy (non-hydrogen) atoms. The van der Waals surface area contributed by atoms with Crippen LogP contribution in [0.2, 0.25) is 0 Å². The van der Waals surface area contributed by atoms with Gasteiger partial charge in [0.05, 0.1) is 11.4 Å². The molecule has 0 saturated carbocycles. The average Bonchev–Trinajstić information content (AvgIpc) is 2.74. The van der Waals surface area contributed by atoms with Crippen LogP contribution in [0.15, 0.2) is 97.1 Å². The van der Waals surface area contributed by atoms with E-state index in [0.717, 1.165) is 34.1 Å². The van der Waals surface area contributed by atoms with Gasteiger partial charge in [0.2, 0.25) is 0 Å². The first kappa shape index (κ1) is 18.6. The summed E-state index contributed by atoms with van der Waals surface area (Å²) in [4.78, 5) is 2.27. The predicted octanol–water partition coefficient (Wildman–Crippen LogP) is 7.10. The van der Waals surface area contributed by atoms with Crippen LogP contribution in [0.1, 0.15) is 11.1 Å². The van der Waals surface area contributed by atoms with Crippen molar-refractivity contribution < 1.29 is 0 Å². The summed E-state index contributed by atoms with van der Waals surface area (Å²) < 4.78 is 0. The number of aryl methyl sites for hydroxylation is 2. The number of hydrogen-bond acceptors (Lipinski definition) is 3. The number of hydrogen-bond donors (Lipinski definition) is 2. The third-order valence-corrected chi connectivity index (χ3v) is 5.07. The minimum absolute atomic E-state index is 0.754. The summed E-state index contributed by atoms with van der Waals surface area (Å²) in [6.45, 7) is 4.25. The van der Waals surface area contributed by atoms with Crippen LogP contribution in [0.3, 0.4) is 0 Å². The van der Waals surface area contributed by atoms with E-state index in [4.69, 9.17) is 5.73 Å². The van der Waals surface area contributed by atoms with E-state index in [0.29, 0.717) is 0 Å². The van der Waals surface area contributed by atoms with Crippen LogP contribution < -0.4 is 16.0 Å². The fourth-order valence-electron chi connectivity index (χ4n) is 3.48. The highest BCUT2D eigenvalue weighted by atomic mass is 15.2. The molecule has 0 bridgehead atoms. The molecule has 0 radical (unpaired) electrons. The predicted molar refractivity (Wildman–Crippen MR) is 125 cm³/mol. The van der Waals surface area contributed by atoms with Crippen molar-refractivity contribution >= 4 is 34.1 Å². The molecule has 0 aliphatic carbocycles. The van der Waals surface area contributed by atoms with Crippen LogP contribution in [-0.2, 0) is 0 Å². The molecular weight excluding hydrogens is 354 g/mol. The number of nitrogens with two attached hydrogens (primary N) is 1. The molecule has 0 aliphatic heterocycles. The average molecular weight is 380 g/mol. The van der Waals surface area contributed by atoms with Crippen molar-refractivity contribution in [3.05, 3.63) is 108 Å². The molecule has 0 aromatic heterocycles. The molecule has 0 unspecified atom stereocenters. The molecule has 4 rings (SSSR count). The minimum atomic E-state index is 0.754. The highest BCUT2D eigenvalue weighted by Gasteiger charge is 2.17. The van der Waals surface area contributed by atoms with Crippen molar-refractivity contribution in [2.75, 3.05) is 16.0 Å². The van der Waals surface area contributed by atoms with Crippen LogP contribution in [0.25, 0.3) is 0 Å². The van der Waals surface area contributed by atoms with Gasteiger partial charge in [0.15, 0.2) is 0 Å². The van der Waals surface area contributed by atoms with E-state index in [1.165, 1.54) is 11.1 Å². The van der Waals surface area contributed by atoms with E-state index >= 15 is 0 Å². The van der Waals surface area contributed by atoms with Crippen LogP contribution in [0, 0.1) is 13.8 Å². The van der Waals surface area contributed by atoms with Gasteiger partial charge in [-0.05, 0) is 73.5 Å². The Bertz CT molecular complexity index is 1120. The van der Waals surface area contributed by atoms with Gasteiger partial charge in [-0.1, -0.05) is 48.5 Å². The molecule has 0 saturated heterocycles. The van der Waals surface area contributed by atoms with Crippen molar-refractivity contribution in [1.82, 2.24) is 0 Å². The standard InChI is InChI=1S/C26H25N3/c1-19-9-3-5-11-23(19)28-24-12-6-8-14-26(24)29(22-17-15-21(27)16-18-22)25-13-7-4-10-20(25)2/h3-18,28H,27H2,1-2H3. The van der Waals surface area contributed by atoms with Gasteiger partial charge in [-0.25, -0.2) is 0 Å². The number of nitrogen functional groups attached to an aromatic ring is 1. The number of anilines is 6. The Hall–Kier alpha value is -3.72. The number of benzene rings is 4. The van der Waals surface area contributed by atoms with E-state index in [1.807, 2.05) is 12.1 Å². The highest BCUT2D eigenvalue weighted by Crippen LogP contribution is 2.41. The molecule has 144 valence electrons. The minimum Gasteiger partial charge on any atom is -0.399 e. The van der Waals surface area contributed by atoms with Gasteiger partial charge in [0.25, 0.3) is 0 Å². The smallest absolute Gasteiger partial charge is 0.0696 e. The maximum atomic E-state index is 5.95. The molecule has 0 heterocycles. The van der Waals surface area contributed by atoms with E-state index in [1.54, 1.807) is 0 Å². The molecule has 0 spiro atoms. The lowest BCUT2D eigenvalue weighted by atomic mass is 10.1. The molecule has 0 amide bonds. The van der Waals surface area contributed by atoms with Crippen molar-refractivity contribution in [3.8, 4) is 0 Å². The third kappa shape index (κ3) is 3.94. The normalized spacial score (nSPS) is 10.6. The molecule has 4 aromatic rings. The van der Waals surface area contributed by atoms with Crippen molar-refractivity contribution in [3.63, 3.8) is 0 Å². The Kier molecular flexibility index (Phi) is 5.21. The van der Waals surface area contributed by atoms with Crippen molar-refractivity contribution in [1.29, 1.82) is 0 Å². The molecule has 4 aromatic carbocycles. The Morgan fingerprint density at radius 3 is 1.79 bits per heavy atom. The second-order valence-electron chi connectivity index (χ2n) is 7.17. The Balaban J connectivity index is 1.87. The Labute approximate surface area is 172 Å². The Morgan fingerprint density at radius 2 is 1.14 bits per heavy atom. The zero-order valence-corrected chi connectivity index (χ0v) is 16.8. The maximum Gasteiger partial charge on any atom is 0.0696 e. The van der Waals surface area contributed by atoms with E-state index < -0.39 is 0 Å². The third-order valence-electron chi connectivity index (χ3n) is 5.07. The zero-order valence-electron chi connectivity index (χ0n) is 16.8. The van der Waals surface area contributed by atoms with Crippen molar-refractivity contribution in [2.24, 2.45) is 0 Å². The summed E-state index contributed by atoms with van der Waals surface area (Å²) in [5.41, 5.74) is 14.5. The first-order valence-corrected chi connectivity index (χ1v) is 9.76. The summed E-state index contributed by atoms with van der Waals surface area (Å²) in [7, 11) is 0. The number of nitrogens with zero attached hydrogens (tertiary/aromatic N) is 1. The number of para-hydroxylation sites is 4. The largest absolute Gasteiger partial charge is 0.399 e. The van der Waals surface area contributed by atoms with Gasteiger partial charge in [-0.15, -0.1) is 0 Å². The highest BCUT2D eigenvalue weighted by molar-refractivity contribution is 5.87. The van der Waals surface area contributed by atoms with Crippen molar-refractivity contribution in [2.45, 2.75) is 13.8 Å². The second-order valence-corrected chi connectivity index (χ2v) is 7.17. The second kappa shape index (κ2) is 8.11. The summed E-state index contributed by atoms with van der Waals surface area (Å²) >= 11 is 0. The number of nitrogens with one attached hydrogen (secondary N) is 1. The summed E-state index contributed by atoms with van der Waals surface area (Å²) in [5, 5.41) is 3.63. The lowest BCUT2D eigenvalue weighted by Crippen LogP contribution is -2.13. The van der Waals surface area contributed by atoms with Crippen LogP contribution >= 0.6 is 0 Å². The Morgan fingerprint density at radius 1 is 0.586 bits per heavy atom. The van der Waals surface area contributed by atoms with E-state index in [2.05, 4.69) is 109 Å². The molecule has 3 heteroatoms. The zero-order chi connectivity index (χ0) is 20.2. The lowest BCUT2D eigenvalue weighted by molar-refractivity contribution is 1.25. The fourth-order valence-corrected chi connectivity index (χ4v) is 3.48. The van der Waals surface area contributed by atoms with Crippen LogP contribution in [0.4, 0.5) is 34.1 Å². The fraction of sp³-hybridized carbons (Fsp3) is 0.0769. The number of rotatable bonds is 5. The van der Waals surface area contributed by atoms with Gasteiger partial charge in [-0.3, -0.25) is 0 Å². The molecule has 3 N–H and O–H groups in total. The van der Waals surface area contributed by atoms with Gasteiger partial charge in [-0.2, -0.15) is 0 Å². The maximum absolute atomic E-state index is 5.95. The van der Waals surface area contributed by atoms with Crippen LogP contribution in [0.5, 0.6) is 0 Å².